The van der Waals surface area contributed by atoms with Crippen LogP contribution in [0.25, 0.3) is 11.3 Å². The average Bonchev–Trinajstić information content (AvgIpc) is 2.66. The maximum atomic E-state index is 11.8. The third kappa shape index (κ3) is 7.61. The lowest BCUT2D eigenvalue weighted by atomic mass is 10.1. The van der Waals surface area contributed by atoms with Gasteiger partial charge in [-0.25, -0.2) is 4.79 Å². The first-order valence-corrected chi connectivity index (χ1v) is 11.0. The number of aromatic nitrogens is 3. The molecule has 1 aromatic heterocycles. The number of nitrogens with zero attached hydrogens (tertiary/aromatic N) is 4. The molecule has 1 heterocycles. The van der Waals surface area contributed by atoms with Crippen LogP contribution in [0.2, 0.25) is 10.0 Å². The highest BCUT2D eigenvalue weighted by atomic mass is 35.5. The first-order chi connectivity index (χ1) is 13.9. The number of hydrogen-bond acceptors (Lipinski definition) is 11. The van der Waals surface area contributed by atoms with Gasteiger partial charge in [-0.1, -0.05) is 56.9 Å². The second kappa shape index (κ2) is 11.7. The largest absolute Gasteiger partial charge is 0.448 e. The van der Waals surface area contributed by atoms with Crippen molar-refractivity contribution in [1.82, 2.24) is 15.2 Å². The van der Waals surface area contributed by atoms with E-state index in [1.165, 1.54) is 21.6 Å². The van der Waals surface area contributed by atoms with Gasteiger partial charge < -0.3 is 15.3 Å². The maximum absolute atomic E-state index is 11.8. The molecule has 29 heavy (non-hydrogen) atoms. The van der Waals surface area contributed by atoms with E-state index >= 15 is 0 Å². The van der Waals surface area contributed by atoms with E-state index in [1.807, 2.05) is 0 Å². The first-order valence-electron chi connectivity index (χ1n) is 7.78. The number of ether oxygens (including phenoxy) is 1. The van der Waals surface area contributed by atoms with Gasteiger partial charge in [-0.05, 0) is 6.07 Å². The van der Waals surface area contributed by atoms with Gasteiger partial charge in [0.05, 0.1) is 10.0 Å². The predicted molar refractivity (Wildman–Crippen MR) is 113 cm³/mol. The SMILES string of the molecule is Nc1nc(NC(=O)OCCSSCCO[N+](=O)[O-])nnc1-c1cccc(Cl)c1Cl. The van der Waals surface area contributed by atoms with Crippen LogP contribution in [0.5, 0.6) is 0 Å². The minimum absolute atomic E-state index is 0.00312. The molecule has 2 rings (SSSR count). The molecule has 0 spiro atoms. The van der Waals surface area contributed by atoms with E-state index in [-0.39, 0.29) is 35.7 Å². The smallest absolute Gasteiger partial charge is 0.414 e. The second-order valence-electron chi connectivity index (χ2n) is 4.93. The van der Waals surface area contributed by atoms with Gasteiger partial charge in [0.25, 0.3) is 11.0 Å². The van der Waals surface area contributed by atoms with Crippen molar-refractivity contribution in [1.29, 1.82) is 0 Å². The molecular weight excluding hydrogens is 467 g/mol. The van der Waals surface area contributed by atoms with Crippen LogP contribution in [0, 0.1) is 10.1 Å². The molecule has 0 atom stereocenters. The lowest BCUT2D eigenvalue weighted by molar-refractivity contribution is -0.756. The highest BCUT2D eigenvalue weighted by Gasteiger charge is 2.15. The summed E-state index contributed by atoms with van der Waals surface area (Å²) in [4.78, 5) is 29.9. The van der Waals surface area contributed by atoms with Crippen LogP contribution in [0.1, 0.15) is 0 Å². The standard InChI is InChI=1S/C14H14Cl2N6O5S2/c15-9-3-1-2-8(10(9)16)11-12(17)18-13(21-20-11)19-14(23)26-4-6-28-29-7-5-27-22(24)25/h1-3H,4-7H2,(H3,17,18,19,21,23). The zero-order chi connectivity index (χ0) is 21.2. The minimum Gasteiger partial charge on any atom is -0.448 e. The highest BCUT2D eigenvalue weighted by Crippen LogP contribution is 2.34. The summed E-state index contributed by atoms with van der Waals surface area (Å²) in [6, 6.07) is 4.96. The fourth-order valence-electron chi connectivity index (χ4n) is 1.83. The molecule has 0 saturated carbocycles. The van der Waals surface area contributed by atoms with Crippen LogP contribution in [-0.2, 0) is 9.57 Å². The van der Waals surface area contributed by atoms with Crippen molar-refractivity contribution in [3.63, 3.8) is 0 Å². The van der Waals surface area contributed by atoms with Crippen molar-refractivity contribution in [2.45, 2.75) is 0 Å². The fraction of sp³-hybridized carbons (Fsp3) is 0.286. The third-order valence-corrected chi connectivity index (χ3v) is 6.13. The molecule has 0 saturated heterocycles. The molecule has 2 aromatic rings. The number of hydrogen-bond donors (Lipinski definition) is 2. The lowest BCUT2D eigenvalue weighted by Crippen LogP contribution is -2.18. The van der Waals surface area contributed by atoms with E-state index in [1.54, 1.807) is 18.2 Å². The Labute approximate surface area is 182 Å². The highest BCUT2D eigenvalue weighted by molar-refractivity contribution is 8.76. The Hall–Kier alpha value is -2.22. The second-order valence-corrected chi connectivity index (χ2v) is 8.42. The number of amides is 1. The van der Waals surface area contributed by atoms with Crippen LogP contribution >= 0.6 is 44.8 Å². The van der Waals surface area contributed by atoms with Crippen LogP contribution in [-0.4, -0.2) is 51.1 Å². The zero-order valence-corrected chi connectivity index (χ0v) is 17.7. The van der Waals surface area contributed by atoms with Gasteiger partial charge in [0.2, 0.25) is 0 Å². The van der Waals surface area contributed by atoms with Crippen molar-refractivity contribution < 1.29 is 19.5 Å². The number of carbonyl (C=O) groups excluding carboxylic acids is 1. The average molecular weight is 481 g/mol. The molecule has 0 aliphatic heterocycles. The summed E-state index contributed by atoms with van der Waals surface area (Å²) in [5.41, 5.74) is 6.57. The molecular formula is C14H14Cl2N6O5S2. The molecule has 1 aromatic carbocycles. The van der Waals surface area contributed by atoms with Crippen molar-refractivity contribution >= 4 is 62.6 Å². The Morgan fingerprint density at radius 1 is 1.24 bits per heavy atom. The van der Waals surface area contributed by atoms with Crippen molar-refractivity contribution in [3.8, 4) is 11.3 Å². The maximum Gasteiger partial charge on any atom is 0.414 e. The van der Waals surface area contributed by atoms with Crippen LogP contribution in [0.15, 0.2) is 18.2 Å². The first kappa shape index (κ1) is 23.1. The molecule has 156 valence electrons. The van der Waals surface area contributed by atoms with Gasteiger partial charge in [-0.3, -0.25) is 5.32 Å². The number of carbonyl (C=O) groups is 1. The quantitative estimate of drug-likeness (QED) is 0.221. The van der Waals surface area contributed by atoms with Crippen LogP contribution in [0.3, 0.4) is 0 Å². The summed E-state index contributed by atoms with van der Waals surface area (Å²) in [5.74, 6) is 0.778. The van der Waals surface area contributed by atoms with Gasteiger partial charge >= 0.3 is 6.09 Å². The number of nitrogens with two attached hydrogens (primary N) is 1. The zero-order valence-electron chi connectivity index (χ0n) is 14.5. The normalized spacial score (nSPS) is 10.4. The van der Waals surface area contributed by atoms with E-state index < -0.39 is 11.2 Å². The lowest BCUT2D eigenvalue weighted by Gasteiger charge is -2.09. The van der Waals surface area contributed by atoms with E-state index in [4.69, 9.17) is 33.7 Å². The monoisotopic (exact) mass is 480 g/mol. The topological polar surface area (TPSA) is 155 Å². The molecule has 0 unspecified atom stereocenters. The number of benzene rings is 1. The van der Waals surface area contributed by atoms with Gasteiger partial charge in [-0.2, -0.15) is 4.98 Å². The number of anilines is 2. The van der Waals surface area contributed by atoms with Crippen molar-refractivity contribution in [2.24, 2.45) is 0 Å². The molecule has 1 amide bonds. The van der Waals surface area contributed by atoms with Gasteiger partial charge in [0, 0.05) is 17.1 Å². The number of nitrogens with one attached hydrogen (secondary N) is 1. The number of nitrogen functional groups attached to an aromatic ring is 1. The molecule has 0 radical (unpaired) electrons. The third-order valence-electron chi connectivity index (χ3n) is 2.98. The summed E-state index contributed by atoms with van der Waals surface area (Å²) in [6.45, 7) is 0.104. The Morgan fingerprint density at radius 3 is 2.66 bits per heavy atom. The molecule has 0 aliphatic carbocycles. The van der Waals surface area contributed by atoms with E-state index in [2.05, 4.69) is 25.3 Å². The van der Waals surface area contributed by atoms with Gasteiger partial charge in [0.1, 0.15) is 18.9 Å². The molecule has 0 aliphatic rings. The molecule has 3 N–H and O–H groups in total. The molecule has 0 fully saturated rings. The van der Waals surface area contributed by atoms with Crippen molar-refractivity contribution in [3.05, 3.63) is 38.4 Å². The molecule has 11 nitrogen and oxygen atoms in total. The molecule has 0 bridgehead atoms. The minimum atomic E-state index is -0.849. The van der Waals surface area contributed by atoms with E-state index in [0.717, 1.165) is 0 Å². The Balaban J connectivity index is 1.77. The van der Waals surface area contributed by atoms with Crippen molar-refractivity contribution in [2.75, 3.05) is 35.8 Å². The van der Waals surface area contributed by atoms with Gasteiger partial charge in [0.15, 0.2) is 5.82 Å². The summed E-state index contributed by atoms with van der Waals surface area (Å²) in [7, 11) is 2.74. The predicted octanol–water partition coefficient (Wildman–Crippen LogP) is 3.57. The van der Waals surface area contributed by atoms with E-state index in [0.29, 0.717) is 22.1 Å². The Kier molecular flexibility index (Phi) is 9.31. The number of rotatable bonds is 10. The van der Waals surface area contributed by atoms with Crippen LogP contribution in [0.4, 0.5) is 16.6 Å². The summed E-state index contributed by atoms with van der Waals surface area (Å²) in [6.07, 6.45) is -0.776. The Bertz CT molecular complexity index is 878. The van der Waals surface area contributed by atoms with Gasteiger partial charge in [-0.15, -0.1) is 20.3 Å². The Morgan fingerprint density at radius 2 is 1.97 bits per heavy atom. The van der Waals surface area contributed by atoms with Crippen LogP contribution < -0.4 is 11.1 Å². The summed E-state index contributed by atoms with van der Waals surface area (Å²) in [5, 5.41) is 19.7. The summed E-state index contributed by atoms with van der Waals surface area (Å²) < 4.78 is 4.97. The van der Waals surface area contributed by atoms with E-state index in [9.17, 15) is 14.9 Å². The summed E-state index contributed by atoms with van der Waals surface area (Å²) >= 11 is 12.1. The number of halogens is 2. The fourth-order valence-corrected chi connectivity index (χ4v) is 3.86. The molecule has 15 heteroatoms.